The first-order valence-corrected chi connectivity index (χ1v) is 9.22. The van der Waals surface area contributed by atoms with Gasteiger partial charge in [-0.05, 0) is 54.7 Å². The van der Waals surface area contributed by atoms with Gasteiger partial charge in [0.1, 0.15) is 0 Å². The van der Waals surface area contributed by atoms with Gasteiger partial charge < -0.3 is 0 Å². The second-order valence-corrected chi connectivity index (χ2v) is 7.34. The van der Waals surface area contributed by atoms with Gasteiger partial charge >= 0.3 is 6.18 Å². The van der Waals surface area contributed by atoms with E-state index >= 15 is 0 Å². The first kappa shape index (κ1) is 17.5. The molecule has 24 heavy (non-hydrogen) atoms. The van der Waals surface area contributed by atoms with E-state index in [-0.39, 0.29) is 5.56 Å². The van der Waals surface area contributed by atoms with Gasteiger partial charge in [0.25, 0.3) is 5.78 Å². The zero-order chi connectivity index (χ0) is 17.2. The lowest BCUT2D eigenvalue weighted by molar-refractivity contribution is -0.0885. The Bertz CT molecular complexity index is 579. The topological polar surface area (TPSA) is 17.1 Å². The molecule has 132 valence electrons. The maximum absolute atomic E-state index is 12.8. The number of carbonyl (C=O) groups is 1. The molecule has 2 saturated carbocycles. The summed E-state index contributed by atoms with van der Waals surface area (Å²) in [6.07, 6.45) is 6.60. The van der Waals surface area contributed by atoms with Gasteiger partial charge in [-0.25, -0.2) is 0 Å². The van der Waals surface area contributed by atoms with Gasteiger partial charge in [-0.1, -0.05) is 50.7 Å². The maximum Gasteiger partial charge on any atom is 0.454 e. The summed E-state index contributed by atoms with van der Waals surface area (Å²) in [7, 11) is 0. The predicted octanol–water partition coefficient (Wildman–Crippen LogP) is 6.53. The zero-order valence-corrected chi connectivity index (χ0v) is 14.0. The molecule has 1 nitrogen and oxygen atoms in total. The Morgan fingerprint density at radius 3 is 1.79 bits per heavy atom. The summed E-state index contributed by atoms with van der Waals surface area (Å²) in [4.78, 5) is 11.7. The fraction of sp³-hybridized carbons (Fsp3) is 0.650. The molecule has 3 rings (SSSR count). The van der Waals surface area contributed by atoms with E-state index in [9.17, 15) is 18.0 Å². The Morgan fingerprint density at radius 1 is 0.792 bits per heavy atom. The molecule has 2 fully saturated rings. The highest BCUT2D eigenvalue weighted by atomic mass is 19.4. The molecular weight excluding hydrogens is 313 g/mol. The zero-order valence-electron chi connectivity index (χ0n) is 14.0. The van der Waals surface area contributed by atoms with Crippen molar-refractivity contribution in [2.24, 2.45) is 0 Å². The first-order chi connectivity index (χ1) is 11.5. The third-order valence-electron chi connectivity index (χ3n) is 5.70. The molecule has 0 spiro atoms. The van der Waals surface area contributed by atoms with Crippen LogP contribution >= 0.6 is 0 Å². The number of Topliss-reactive ketones (excluding diaryl/α,β-unsaturated/α-hetero) is 1. The van der Waals surface area contributed by atoms with Gasteiger partial charge in [-0.15, -0.1) is 0 Å². The Kier molecular flexibility index (Phi) is 5.31. The minimum atomic E-state index is -4.80. The van der Waals surface area contributed by atoms with Crippen LogP contribution in [0.15, 0.2) is 18.2 Å². The first-order valence-electron chi connectivity index (χ1n) is 9.22. The normalized spacial score (nSPS) is 21.0. The second-order valence-electron chi connectivity index (χ2n) is 7.34. The van der Waals surface area contributed by atoms with E-state index < -0.39 is 12.0 Å². The van der Waals surface area contributed by atoms with Crippen LogP contribution in [-0.2, 0) is 0 Å². The average molecular weight is 338 g/mol. The highest BCUT2D eigenvalue weighted by Crippen LogP contribution is 2.41. The molecule has 0 N–H and O–H groups in total. The van der Waals surface area contributed by atoms with Gasteiger partial charge in [-0.2, -0.15) is 13.2 Å². The number of alkyl halides is 3. The van der Waals surface area contributed by atoms with Crippen LogP contribution in [0.1, 0.15) is 97.5 Å². The lowest BCUT2D eigenvalue weighted by atomic mass is 9.75. The number of hydrogen-bond donors (Lipinski definition) is 0. The van der Waals surface area contributed by atoms with Crippen LogP contribution < -0.4 is 0 Å². The number of benzene rings is 1. The summed E-state index contributed by atoms with van der Waals surface area (Å²) in [5.41, 5.74) is 2.04. The van der Waals surface area contributed by atoms with Crippen LogP contribution in [0.2, 0.25) is 0 Å². The molecule has 0 saturated heterocycles. The molecule has 1 aromatic rings. The molecule has 0 aliphatic heterocycles. The third-order valence-corrected chi connectivity index (χ3v) is 5.70. The van der Waals surface area contributed by atoms with Gasteiger partial charge in [-0.3, -0.25) is 4.79 Å². The van der Waals surface area contributed by atoms with Crippen LogP contribution in [0.25, 0.3) is 0 Å². The predicted molar refractivity (Wildman–Crippen MR) is 88.5 cm³/mol. The number of hydrogen-bond acceptors (Lipinski definition) is 1. The largest absolute Gasteiger partial charge is 0.454 e. The molecule has 0 radical (unpaired) electrons. The molecule has 0 unspecified atom stereocenters. The summed E-state index contributed by atoms with van der Waals surface area (Å²) >= 11 is 0. The van der Waals surface area contributed by atoms with Crippen LogP contribution in [0.5, 0.6) is 0 Å². The summed E-state index contributed by atoms with van der Waals surface area (Å²) in [5.74, 6) is -0.947. The summed E-state index contributed by atoms with van der Waals surface area (Å²) in [6, 6.07) is 4.78. The van der Waals surface area contributed by atoms with E-state index in [2.05, 4.69) is 0 Å². The van der Waals surface area contributed by atoms with E-state index in [1.54, 1.807) is 6.07 Å². The van der Waals surface area contributed by atoms with Crippen molar-refractivity contribution in [1.29, 1.82) is 0 Å². The minimum absolute atomic E-state index is 0.192. The van der Waals surface area contributed by atoms with Crippen LogP contribution in [0.4, 0.5) is 13.2 Å². The van der Waals surface area contributed by atoms with Crippen molar-refractivity contribution < 1.29 is 18.0 Å². The van der Waals surface area contributed by atoms with Crippen LogP contribution in [0, 0.1) is 0 Å². The van der Waals surface area contributed by atoms with Crippen molar-refractivity contribution in [2.75, 3.05) is 0 Å². The average Bonchev–Trinajstić information content (AvgIpc) is 2.61. The number of halogens is 3. The van der Waals surface area contributed by atoms with Gasteiger partial charge in [0.15, 0.2) is 0 Å². The Balaban J connectivity index is 1.96. The van der Waals surface area contributed by atoms with Crippen molar-refractivity contribution in [3.05, 3.63) is 34.9 Å². The summed E-state index contributed by atoms with van der Waals surface area (Å²) in [6.45, 7) is 0. The van der Waals surface area contributed by atoms with E-state index in [1.807, 2.05) is 6.07 Å². The maximum atomic E-state index is 12.8. The monoisotopic (exact) mass is 338 g/mol. The van der Waals surface area contributed by atoms with Crippen molar-refractivity contribution in [2.45, 2.75) is 82.2 Å². The second kappa shape index (κ2) is 7.28. The molecule has 0 heterocycles. The molecule has 0 amide bonds. The molecule has 0 atom stereocenters. The summed E-state index contributed by atoms with van der Waals surface area (Å²) in [5, 5.41) is 0. The molecule has 2 aliphatic rings. The van der Waals surface area contributed by atoms with Gasteiger partial charge in [0.2, 0.25) is 0 Å². The van der Waals surface area contributed by atoms with Crippen molar-refractivity contribution >= 4 is 5.78 Å². The summed E-state index contributed by atoms with van der Waals surface area (Å²) < 4.78 is 38.4. The standard InChI is InChI=1S/C20H25F3O/c21-20(22,23)19(24)16-11-12-17(14-7-3-1-4-8-14)18(13-16)15-9-5-2-6-10-15/h11-15H,1-10H2. The lowest BCUT2D eigenvalue weighted by Crippen LogP contribution is -2.23. The van der Waals surface area contributed by atoms with E-state index in [4.69, 9.17) is 0 Å². The molecule has 0 bridgehead atoms. The number of ketones is 1. The fourth-order valence-corrected chi connectivity index (χ4v) is 4.43. The molecule has 0 aromatic heterocycles. The highest BCUT2D eigenvalue weighted by Gasteiger charge is 2.39. The Labute approximate surface area is 141 Å². The minimum Gasteiger partial charge on any atom is -0.284 e. The van der Waals surface area contributed by atoms with E-state index in [1.165, 1.54) is 37.3 Å². The molecule has 1 aromatic carbocycles. The van der Waals surface area contributed by atoms with E-state index in [0.717, 1.165) is 44.1 Å². The van der Waals surface area contributed by atoms with E-state index in [0.29, 0.717) is 11.8 Å². The van der Waals surface area contributed by atoms with Crippen LogP contribution in [0.3, 0.4) is 0 Å². The van der Waals surface area contributed by atoms with Crippen LogP contribution in [-0.4, -0.2) is 12.0 Å². The van der Waals surface area contributed by atoms with Gasteiger partial charge in [0, 0.05) is 5.56 Å². The van der Waals surface area contributed by atoms with Crippen molar-refractivity contribution in [3.63, 3.8) is 0 Å². The fourth-order valence-electron chi connectivity index (χ4n) is 4.43. The van der Waals surface area contributed by atoms with Gasteiger partial charge in [0.05, 0.1) is 0 Å². The Morgan fingerprint density at radius 2 is 1.29 bits per heavy atom. The highest BCUT2D eigenvalue weighted by molar-refractivity contribution is 6.00. The van der Waals surface area contributed by atoms with Crippen molar-refractivity contribution in [3.8, 4) is 0 Å². The number of carbonyl (C=O) groups excluding carboxylic acids is 1. The van der Waals surface area contributed by atoms with Crippen molar-refractivity contribution in [1.82, 2.24) is 0 Å². The number of rotatable bonds is 3. The smallest absolute Gasteiger partial charge is 0.284 e. The molecular formula is C20H25F3O. The molecule has 2 aliphatic carbocycles. The Hall–Kier alpha value is -1.32. The third kappa shape index (κ3) is 3.84. The molecule has 4 heteroatoms. The quantitative estimate of drug-likeness (QED) is 0.573. The lowest BCUT2D eigenvalue weighted by Gasteiger charge is -2.30. The SMILES string of the molecule is O=C(c1ccc(C2CCCCC2)c(C2CCCCC2)c1)C(F)(F)F.